The topological polar surface area (TPSA) is 46.4 Å². The summed E-state index contributed by atoms with van der Waals surface area (Å²) in [6, 6.07) is 7.98. The second-order valence-electron chi connectivity index (χ2n) is 7.13. The Kier molecular flexibility index (Phi) is 5.00. The van der Waals surface area contributed by atoms with Gasteiger partial charge < -0.3 is 5.32 Å². The Balaban J connectivity index is 1.50. The van der Waals surface area contributed by atoms with Gasteiger partial charge in [0.2, 0.25) is 5.91 Å². The fraction of sp³-hybridized carbons (Fsp3) is 0.400. The lowest BCUT2D eigenvalue weighted by Crippen LogP contribution is -2.41. The van der Waals surface area contributed by atoms with Crippen LogP contribution in [0.3, 0.4) is 0 Å². The van der Waals surface area contributed by atoms with Gasteiger partial charge in [0.15, 0.2) is 4.96 Å². The van der Waals surface area contributed by atoms with Gasteiger partial charge in [-0.15, -0.1) is 11.3 Å². The lowest BCUT2D eigenvalue weighted by Gasteiger charge is -2.29. The quantitative estimate of drug-likeness (QED) is 0.688. The molecule has 136 valence electrons. The lowest BCUT2D eigenvalue weighted by atomic mass is 9.86. The van der Waals surface area contributed by atoms with Gasteiger partial charge in [0.25, 0.3) is 0 Å². The zero-order valence-corrected chi connectivity index (χ0v) is 16.3. The molecule has 2 heterocycles. The van der Waals surface area contributed by atoms with Gasteiger partial charge in [-0.2, -0.15) is 0 Å². The van der Waals surface area contributed by atoms with Crippen molar-refractivity contribution in [3.63, 3.8) is 0 Å². The first-order chi connectivity index (χ1) is 12.6. The molecular weight excluding hydrogens is 366 g/mol. The third kappa shape index (κ3) is 3.64. The molecule has 0 saturated heterocycles. The molecule has 1 fully saturated rings. The molecule has 1 amide bonds. The van der Waals surface area contributed by atoms with E-state index in [4.69, 9.17) is 11.6 Å². The highest BCUT2D eigenvalue weighted by Gasteiger charge is 2.23. The van der Waals surface area contributed by atoms with Crippen LogP contribution in [0.5, 0.6) is 0 Å². The van der Waals surface area contributed by atoms with E-state index >= 15 is 0 Å². The second-order valence-corrected chi connectivity index (χ2v) is 8.40. The molecule has 2 atom stereocenters. The van der Waals surface area contributed by atoms with E-state index in [0.717, 1.165) is 28.3 Å². The number of hydrogen-bond donors (Lipinski definition) is 1. The maximum absolute atomic E-state index is 12.5. The van der Waals surface area contributed by atoms with E-state index in [-0.39, 0.29) is 5.91 Å². The molecule has 0 aliphatic heterocycles. The molecule has 0 spiro atoms. The van der Waals surface area contributed by atoms with Crippen LogP contribution in [0, 0.1) is 5.92 Å². The number of halogens is 1. The van der Waals surface area contributed by atoms with Gasteiger partial charge in [-0.05, 0) is 30.9 Å². The van der Waals surface area contributed by atoms with Crippen LogP contribution in [0.4, 0.5) is 0 Å². The minimum absolute atomic E-state index is 0.102. The summed E-state index contributed by atoms with van der Waals surface area (Å²) in [7, 11) is 0. The van der Waals surface area contributed by atoms with Crippen LogP contribution in [0.2, 0.25) is 5.02 Å². The number of nitrogens with zero attached hydrogens (tertiary/aromatic N) is 2. The first-order valence-electron chi connectivity index (χ1n) is 9.11. The first-order valence-corrected chi connectivity index (χ1v) is 10.4. The number of benzene rings is 1. The van der Waals surface area contributed by atoms with Crippen molar-refractivity contribution < 1.29 is 4.79 Å². The standard InChI is InChI=1S/C20H22ClN3OS/c1-13-4-2-3-5-17(13)22-19(25)10-16-12-26-20-23-18(11-24(16)20)14-6-8-15(21)9-7-14/h6-9,11-13,17H,2-5,10H2,1H3,(H,22,25)/t13-,17+/m0/s1. The lowest BCUT2D eigenvalue weighted by molar-refractivity contribution is -0.121. The van der Waals surface area contributed by atoms with Gasteiger partial charge in [0.1, 0.15) is 0 Å². The zero-order valence-electron chi connectivity index (χ0n) is 14.7. The number of imidazole rings is 1. The summed E-state index contributed by atoms with van der Waals surface area (Å²) in [5.74, 6) is 0.671. The van der Waals surface area contributed by atoms with E-state index in [9.17, 15) is 4.79 Å². The fourth-order valence-electron chi connectivity index (χ4n) is 3.67. The third-order valence-corrected chi connectivity index (χ3v) is 6.36. The maximum atomic E-state index is 12.5. The Morgan fingerprint density at radius 1 is 1.31 bits per heavy atom. The molecule has 4 rings (SSSR count). The van der Waals surface area contributed by atoms with Gasteiger partial charge >= 0.3 is 0 Å². The number of thiazole rings is 1. The van der Waals surface area contributed by atoms with E-state index in [0.29, 0.717) is 23.4 Å². The predicted molar refractivity (Wildman–Crippen MR) is 107 cm³/mol. The summed E-state index contributed by atoms with van der Waals surface area (Å²) in [4.78, 5) is 18.1. The van der Waals surface area contributed by atoms with Crippen LogP contribution in [-0.4, -0.2) is 21.3 Å². The molecule has 1 aliphatic rings. The molecule has 1 aliphatic carbocycles. The monoisotopic (exact) mass is 387 g/mol. The summed E-state index contributed by atoms with van der Waals surface area (Å²) < 4.78 is 2.03. The number of nitrogens with one attached hydrogen (secondary N) is 1. The van der Waals surface area contributed by atoms with Crippen molar-refractivity contribution in [2.75, 3.05) is 0 Å². The molecule has 1 N–H and O–H groups in total. The van der Waals surface area contributed by atoms with E-state index in [1.165, 1.54) is 19.3 Å². The first kappa shape index (κ1) is 17.6. The molecule has 26 heavy (non-hydrogen) atoms. The highest BCUT2D eigenvalue weighted by atomic mass is 35.5. The van der Waals surface area contributed by atoms with Crippen LogP contribution < -0.4 is 5.32 Å². The van der Waals surface area contributed by atoms with Gasteiger partial charge in [-0.1, -0.05) is 43.5 Å². The molecule has 3 aromatic rings. The molecular formula is C20H22ClN3OS. The van der Waals surface area contributed by atoms with Gasteiger partial charge in [0.05, 0.1) is 12.1 Å². The number of fused-ring (bicyclic) bond motifs is 1. The largest absolute Gasteiger partial charge is 0.353 e. The maximum Gasteiger partial charge on any atom is 0.226 e. The Morgan fingerprint density at radius 3 is 2.85 bits per heavy atom. The number of hydrogen-bond acceptors (Lipinski definition) is 3. The summed E-state index contributed by atoms with van der Waals surface area (Å²) >= 11 is 7.53. The Labute approximate surface area is 162 Å². The molecule has 6 heteroatoms. The smallest absolute Gasteiger partial charge is 0.226 e. The van der Waals surface area contributed by atoms with E-state index in [1.54, 1.807) is 11.3 Å². The van der Waals surface area contributed by atoms with Crippen LogP contribution >= 0.6 is 22.9 Å². The number of carbonyl (C=O) groups is 1. The van der Waals surface area contributed by atoms with Crippen molar-refractivity contribution in [2.45, 2.75) is 45.1 Å². The fourth-order valence-corrected chi connectivity index (χ4v) is 4.67. The predicted octanol–water partition coefficient (Wildman–Crippen LogP) is 4.95. The van der Waals surface area contributed by atoms with Crippen LogP contribution in [0.25, 0.3) is 16.2 Å². The Hall–Kier alpha value is -1.85. The Morgan fingerprint density at radius 2 is 2.08 bits per heavy atom. The molecule has 1 saturated carbocycles. The highest BCUT2D eigenvalue weighted by molar-refractivity contribution is 7.15. The zero-order chi connectivity index (χ0) is 18.1. The highest BCUT2D eigenvalue weighted by Crippen LogP contribution is 2.26. The molecule has 0 unspecified atom stereocenters. The van der Waals surface area contributed by atoms with Crippen LogP contribution in [-0.2, 0) is 11.2 Å². The van der Waals surface area contributed by atoms with Crippen LogP contribution in [0.1, 0.15) is 38.3 Å². The SMILES string of the molecule is C[C@H]1CCCC[C@H]1NC(=O)Cc1csc2nc(-c3ccc(Cl)cc3)cn12. The van der Waals surface area contributed by atoms with Crippen molar-refractivity contribution >= 4 is 33.8 Å². The van der Waals surface area contributed by atoms with E-state index in [2.05, 4.69) is 17.2 Å². The van der Waals surface area contributed by atoms with Gasteiger partial charge in [-0.3, -0.25) is 9.20 Å². The number of carbonyl (C=O) groups excluding carboxylic acids is 1. The van der Waals surface area contributed by atoms with Crippen molar-refractivity contribution in [3.05, 3.63) is 46.6 Å². The van der Waals surface area contributed by atoms with Gasteiger partial charge in [0, 0.05) is 33.9 Å². The molecule has 2 aromatic heterocycles. The average molecular weight is 388 g/mol. The van der Waals surface area contributed by atoms with Gasteiger partial charge in [-0.25, -0.2) is 4.98 Å². The molecule has 1 aromatic carbocycles. The second kappa shape index (κ2) is 7.41. The minimum Gasteiger partial charge on any atom is -0.353 e. The summed E-state index contributed by atoms with van der Waals surface area (Å²) in [6.07, 6.45) is 7.18. The normalized spacial score (nSPS) is 20.4. The average Bonchev–Trinajstić information content (AvgIpc) is 3.20. The minimum atomic E-state index is 0.102. The molecule has 0 radical (unpaired) electrons. The van der Waals surface area contributed by atoms with Crippen LogP contribution in [0.15, 0.2) is 35.8 Å². The summed E-state index contributed by atoms with van der Waals surface area (Å²) in [5, 5.41) is 5.97. The number of amides is 1. The Bertz CT molecular complexity index is 915. The van der Waals surface area contributed by atoms with Crippen molar-refractivity contribution in [3.8, 4) is 11.3 Å². The van der Waals surface area contributed by atoms with E-state index < -0.39 is 0 Å². The van der Waals surface area contributed by atoms with E-state index in [1.807, 2.05) is 40.2 Å². The molecule has 4 nitrogen and oxygen atoms in total. The summed E-state index contributed by atoms with van der Waals surface area (Å²) in [6.45, 7) is 2.24. The molecule has 0 bridgehead atoms. The summed E-state index contributed by atoms with van der Waals surface area (Å²) in [5.41, 5.74) is 2.91. The van der Waals surface area contributed by atoms with Crippen molar-refractivity contribution in [1.29, 1.82) is 0 Å². The number of aromatic nitrogens is 2. The number of rotatable bonds is 4. The van der Waals surface area contributed by atoms with Crippen molar-refractivity contribution in [2.24, 2.45) is 5.92 Å². The third-order valence-electron chi connectivity index (χ3n) is 5.22. The van der Waals surface area contributed by atoms with Crippen molar-refractivity contribution in [1.82, 2.24) is 14.7 Å².